The van der Waals surface area contributed by atoms with Gasteiger partial charge in [0.25, 0.3) is 11.6 Å². The number of carbonyl (C=O) groups is 1. The number of nitrogens with one attached hydrogen (secondary N) is 1. The van der Waals surface area contributed by atoms with Crippen molar-refractivity contribution in [3.63, 3.8) is 0 Å². The third-order valence-electron chi connectivity index (χ3n) is 4.30. The molecule has 0 unspecified atom stereocenters. The molecule has 0 aliphatic heterocycles. The van der Waals surface area contributed by atoms with Crippen LogP contribution < -0.4 is 5.32 Å². The molecule has 1 aliphatic carbocycles. The summed E-state index contributed by atoms with van der Waals surface area (Å²) in [5, 5.41) is 13.8. The molecule has 7 heteroatoms. The van der Waals surface area contributed by atoms with Crippen molar-refractivity contribution in [3.8, 4) is 0 Å². The first kappa shape index (κ1) is 15.8. The van der Waals surface area contributed by atoms with E-state index in [1.165, 1.54) is 16.8 Å². The van der Waals surface area contributed by atoms with Crippen LogP contribution >= 0.6 is 11.6 Å². The molecule has 1 N–H and O–H groups in total. The minimum atomic E-state index is -0.504. The van der Waals surface area contributed by atoms with Gasteiger partial charge in [0.1, 0.15) is 5.69 Å². The van der Waals surface area contributed by atoms with Gasteiger partial charge in [0.2, 0.25) is 0 Å². The number of hydrogen-bond acceptors (Lipinski definition) is 3. The maximum atomic E-state index is 12.4. The van der Waals surface area contributed by atoms with Crippen LogP contribution in [0.4, 0.5) is 5.69 Å². The van der Waals surface area contributed by atoms with E-state index >= 15 is 0 Å². The molecule has 1 saturated carbocycles. The quantitative estimate of drug-likeness (QED) is 0.527. The van der Waals surface area contributed by atoms with Crippen molar-refractivity contribution < 1.29 is 9.72 Å². The Balaban J connectivity index is 2.15. The van der Waals surface area contributed by atoms with Crippen molar-refractivity contribution in [2.75, 3.05) is 5.88 Å². The van der Waals surface area contributed by atoms with Gasteiger partial charge in [-0.25, -0.2) is 0 Å². The number of nitrogens with zero attached hydrogens (tertiary/aromatic N) is 2. The lowest BCUT2D eigenvalue weighted by atomic mass is 9.78. The summed E-state index contributed by atoms with van der Waals surface area (Å²) in [7, 11) is 1.62. The number of aryl methyl sites for hydroxylation is 1. The second-order valence-electron chi connectivity index (χ2n) is 6.00. The lowest BCUT2D eigenvalue weighted by Crippen LogP contribution is -2.52. The molecule has 6 nitrogen and oxygen atoms in total. The van der Waals surface area contributed by atoms with Crippen LogP contribution in [0.3, 0.4) is 0 Å². The molecular weight excluding hydrogens is 294 g/mol. The van der Waals surface area contributed by atoms with Crippen molar-refractivity contribution in [2.45, 2.75) is 38.1 Å². The fourth-order valence-electron chi connectivity index (χ4n) is 2.78. The van der Waals surface area contributed by atoms with Crippen molar-refractivity contribution >= 4 is 23.2 Å². The maximum Gasteiger partial charge on any atom is 0.287 e. The van der Waals surface area contributed by atoms with Crippen molar-refractivity contribution in [2.24, 2.45) is 13.0 Å². The normalized spacial score (nSPS) is 25.6. The monoisotopic (exact) mass is 313 g/mol. The molecule has 0 saturated heterocycles. The number of amides is 1. The number of carbonyl (C=O) groups excluding carboxylic acids is 1. The fourth-order valence-corrected chi connectivity index (χ4v) is 3.12. The highest BCUT2D eigenvalue weighted by Crippen LogP contribution is 2.33. The first-order chi connectivity index (χ1) is 9.87. The summed E-state index contributed by atoms with van der Waals surface area (Å²) in [5.74, 6) is 0.702. The van der Waals surface area contributed by atoms with Gasteiger partial charge in [-0.3, -0.25) is 14.9 Å². The largest absolute Gasteiger partial charge is 0.344 e. The predicted molar refractivity (Wildman–Crippen MR) is 80.6 cm³/mol. The molecule has 0 radical (unpaired) electrons. The number of hydrogen-bond donors (Lipinski definition) is 1. The molecule has 0 bridgehead atoms. The second kappa shape index (κ2) is 6.05. The van der Waals surface area contributed by atoms with Crippen molar-refractivity contribution in [1.82, 2.24) is 9.88 Å². The summed E-state index contributed by atoms with van der Waals surface area (Å²) in [4.78, 5) is 22.7. The molecule has 116 valence electrons. The van der Waals surface area contributed by atoms with Gasteiger partial charge >= 0.3 is 0 Å². The first-order valence-electron chi connectivity index (χ1n) is 7.06. The van der Waals surface area contributed by atoms with E-state index in [1.807, 2.05) is 0 Å². The Morgan fingerprint density at radius 1 is 1.57 bits per heavy atom. The third-order valence-corrected chi connectivity index (χ3v) is 4.81. The SMILES string of the molecule is CC1CCC(CCl)(NC(=O)c2cc([N+](=O)[O-])cn2C)CC1. The molecule has 1 aromatic rings. The minimum Gasteiger partial charge on any atom is -0.344 e. The number of nitro groups is 1. The van der Waals surface area contributed by atoms with Crippen LogP contribution in [0.25, 0.3) is 0 Å². The van der Waals surface area contributed by atoms with E-state index in [2.05, 4.69) is 12.2 Å². The molecule has 0 atom stereocenters. The third kappa shape index (κ3) is 3.37. The summed E-state index contributed by atoms with van der Waals surface area (Å²) >= 11 is 6.08. The van der Waals surface area contributed by atoms with E-state index in [-0.39, 0.29) is 17.3 Å². The smallest absolute Gasteiger partial charge is 0.287 e. The summed E-state index contributed by atoms with van der Waals surface area (Å²) in [6.07, 6.45) is 5.08. The highest BCUT2D eigenvalue weighted by molar-refractivity contribution is 6.19. The van der Waals surface area contributed by atoms with E-state index in [4.69, 9.17) is 11.6 Å². The first-order valence-corrected chi connectivity index (χ1v) is 7.59. The minimum absolute atomic E-state index is 0.0835. The van der Waals surface area contributed by atoms with E-state index < -0.39 is 10.5 Å². The van der Waals surface area contributed by atoms with Crippen LogP contribution in [0, 0.1) is 16.0 Å². The number of halogens is 1. The van der Waals surface area contributed by atoms with Crippen LogP contribution in [0.1, 0.15) is 43.1 Å². The molecule has 1 aliphatic rings. The molecular formula is C14H20ClN3O3. The van der Waals surface area contributed by atoms with Crippen molar-refractivity contribution in [3.05, 3.63) is 28.1 Å². The van der Waals surface area contributed by atoms with Gasteiger partial charge in [0.05, 0.1) is 16.7 Å². The summed E-state index contributed by atoms with van der Waals surface area (Å²) in [5.41, 5.74) is -0.200. The number of alkyl halides is 1. The summed E-state index contributed by atoms with van der Waals surface area (Å²) < 4.78 is 1.47. The van der Waals surface area contributed by atoms with Crippen LogP contribution in [0.5, 0.6) is 0 Å². The Kier molecular flexibility index (Phi) is 4.56. The Morgan fingerprint density at radius 3 is 2.67 bits per heavy atom. The van der Waals surface area contributed by atoms with E-state index in [0.29, 0.717) is 11.8 Å². The van der Waals surface area contributed by atoms with Gasteiger partial charge in [-0.1, -0.05) is 6.92 Å². The van der Waals surface area contributed by atoms with Crippen LogP contribution in [0.2, 0.25) is 0 Å². The average Bonchev–Trinajstić information content (AvgIpc) is 2.84. The Morgan fingerprint density at radius 2 is 2.19 bits per heavy atom. The van der Waals surface area contributed by atoms with Gasteiger partial charge in [0.15, 0.2) is 0 Å². The van der Waals surface area contributed by atoms with Crippen LogP contribution in [-0.2, 0) is 7.05 Å². The molecule has 1 heterocycles. The highest BCUT2D eigenvalue weighted by atomic mass is 35.5. The zero-order chi connectivity index (χ0) is 15.6. The maximum absolute atomic E-state index is 12.4. The molecule has 21 heavy (non-hydrogen) atoms. The fraction of sp³-hybridized carbons (Fsp3) is 0.643. The molecule has 1 amide bonds. The molecule has 0 spiro atoms. The molecule has 1 fully saturated rings. The van der Waals surface area contributed by atoms with Gasteiger partial charge in [-0.15, -0.1) is 11.6 Å². The molecule has 1 aromatic heterocycles. The van der Waals surface area contributed by atoms with E-state index in [0.717, 1.165) is 25.7 Å². The number of rotatable bonds is 4. The van der Waals surface area contributed by atoms with Crippen LogP contribution in [0.15, 0.2) is 12.3 Å². The highest BCUT2D eigenvalue weighted by Gasteiger charge is 2.35. The zero-order valence-electron chi connectivity index (χ0n) is 12.3. The van der Waals surface area contributed by atoms with E-state index in [9.17, 15) is 14.9 Å². The van der Waals surface area contributed by atoms with Gasteiger partial charge in [0, 0.05) is 19.0 Å². The lowest BCUT2D eigenvalue weighted by molar-refractivity contribution is -0.384. The summed E-state index contributed by atoms with van der Waals surface area (Å²) in [6.45, 7) is 2.19. The second-order valence-corrected chi connectivity index (χ2v) is 6.27. The standard InChI is InChI=1S/C14H20ClN3O3/c1-10-3-5-14(9-15,6-4-10)16-13(19)12-7-11(18(20)21)8-17(12)2/h7-8,10H,3-6,9H2,1-2H3,(H,16,19). The lowest BCUT2D eigenvalue weighted by Gasteiger charge is -2.38. The Hall–Kier alpha value is -1.56. The number of aromatic nitrogens is 1. The summed E-state index contributed by atoms with van der Waals surface area (Å²) in [6, 6.07) is 1.29. The van der Waals surface area contributed by atoms with Gasteiger partial charge in [-0.05, 0) is 31.6 Å². The predicted octanol–water partition coefficient (Wildman–Crippen LogP) is 2.85. The Labute approximate surface area is 128 Å². The molecule has 2 rings (SSSR count). The topological polar surface area (TPSA) is 77.2 Å². The van der Waals surface area contributed by atoms with E-state index in [1.54, 1.807) is 7.05 Å². The Bertz CT molecular complexity index is 548. The average molecular weight is 314 g/mol. The van der Waals surface area contributed by atoms with Crippen molar-refractivity contribution in [1.29, 1.82) is 0 Å². The van der Waals surface area contributed by atoms with Gasteiger partial charge < -0.3 is 9.88 Å². The van der Waals surface area contributed by atoms with Gasteiger partial charge in [-0.2, -0.15) is 0 Å². The zero-order valence-corrected chi connectivity index (χ0v) is 13.0. The molecule has 0 aromatic carbocycles. The van der Waals surface area contributed by atoms with Crippen LogP contribution in [-0.4, -0.2) is 26.8 Å².